The van der Waals surface area contributed by atoms with Crippen LogP contribution in [0, 0.1) is 0 Å². The Kier molecular flexibility index (Phi) is 3.77. The van der Waals surface area contributed by atoms with Gasteiger partial charge in [-0.05, 0) is 6.92 Å². The van der Waals surface area contributed by atoms with Crippen molar-refractivity contribution in [3.8, 4) is 0 Å². The normalized spacial score (nSPS) is 13.2. The molecule has 0 fully saturated rings. The fraction of sp³-hybridized carbons (Fsp3) is 0.333. The quantitative estimate of drug-likeness (QED) is 0.613. The van der Waals surface area contributed by atoms with Crippen LogP contribution < -0.4 is 4.72 Å². The standard InChI is InChI=1S/C9H10ClN5O4S/c1-4(8(16)19-2)20(17,18)15-9-13-6(10)5-7(14-9)12-3-11-5/h3-4H,1-2H3,(H2,11,12,13,14,15). The zero-order valence-electron chi connectivity index (χ0n) is 10.4. The van der Waals surface area contributed by atoms with Gasteiger partial charge in [0.25, 0.3) is 0 Å². The number of hydrogen-bond donors (Lipinski definition) is 2. The topological polar surface area (TPSA) is 127 Å². The van der Waals surface area contributed by atoms with Crippen molar-refractivity contribution in [3.63, 3.8) is 0 Å². The molecule has 1 atom stereocenters. The van der Waals surface area contributed by atoms with Crippen molar-refractivity contribution in [2.75, 3.05) is 11.8 Å². The largest absolute Gasteiger partial charge is 0.468 e. The summed E-state index contributed by atoms with van der Waals surface area (Å²) in [4.78, 5) is 25.5. The van der Waals surface area contributed by atoms with Crippen molar-refractivity contribution in [1.82, 2.24) is 19.9 Å². The van der Waals surface area contributed by atoms with E-state index in [1.165, 1.54) is 13.3 Å². The Labute approximate surface area is 118 Å². The summed E-state index contributed by atoms with van der Waals surface area (Å²) >= 11 is 5.85. The van der Waals surface area contributed by atoms with Crippen LogP contribution in [-0.4, -0.2) is 46.7 Å². The molecule has 0 aliphatic heterocycles. The lowest BCUT2D eigenvalue weighted by Gasteiger charge is -2.11. The first-order valence-corrected chi connectivity index (χ1v) is 7.23. The molecule has 0 bridgehead atoms. The molecule has 2 aromatic heterocycles. The highest BCUT2D eigenvalue weighted by atomic mass is 35.5. The molecule has 0 aliphatic rings. The number of nitrogens with zero attached hydrogens (tertiary/aromatic N) is 3. The first-order chi connectivity index (χ1) is 9.35. The summed E-state index contributed by atoms with van der Waals surface area (Å²) in [6, 6.07) is 0. The van der Waals surface area contributed by atoms with E-state index in [4.69, 9.17) is 11.6 Å². The molecule has 20 heavy (non-hydrogen) atoms. The number of imidazole rings is 1. The van der Waals surface area contributed by atoms with Crippen LogP contribution in [0.2, 0.25) is 5.15 Å². The van der Waals surface area contributed by atoms with Crippen LogP contribution in [0.1, 0.15) is 6.92 Å². The van der Waals surface area contributed by atoms with Gasteiger partial charge < -0.3 is 9.72 Å². The van der Waals surface area contributed by atoms with Crippen molar-refractivity contribution in [1.29, 1.82) is 0 Å². The zero-order chi connectivity index (χ0) is 14.9. The molecule has 1 unspecified atom stereocenters. The fourth-order valence-corrected chi connectivity index (χ4v) is 2.44. The van der Waals surface area contributed by atoms with E-state index in [0.717, 1.165) is 7.11 Å². The van der Waals surface area contributed by atoms with Crippen molar-refractivity contribution in [2.24, 2.45) is 0 Å². The van der Waals surface area contributed by atoms with Crippen LogP contribution >= 0.6 is 11.6 Å². The molecule has 108 valence electrons. The fourth-order valence-electron chi connectivity index (χ4n) is 1.35. The number of aromatic amines is 1. The number of fused-ring (bicyclic) bond motifs is 1. The average molecular weight is 320 g/mol. The number of methoxy groups -OCH3 is 1. The third-order valence-electron chi connectivity index (χ3n) is 2.47. The van der Waals surface area contributed by atoms with Crippen LogP contribution in [0.5, 0.6) is 0 Å². The van der Waals surface area contributed by atoms with Gasteiger partial charge in [-0.1, -0.05) is 11.6 Å². The highest BCUT2D eigenvalue weighted by Gasteiger charge is 2.30. The van der Waals surface area contributed by atoms with Crippen LogP contribution in [0.25, 0.3) is 11.2 Å². The molecule has 11 heteroatoms. The van der Waals surface area contributed by atoms with Gasteiger partial charge in [-0.2, -0.15) is 9.97 Å². The summed E-state index contributed by atoms with van der Waals surface area (Å²) in [6.45, 7) is 1.18. The van der Waals surface area contributed by atoms with Gasteiger partial charge in [0, 0.05) is 0 Å². The Bertz CT molecular complexity index is 759. The predicted octanol–water partition coefficient (Wildman–Crippen LogP) is 0.309. The third kappa shape index (κ3) is 2.65. The van der Waals surface area contributed by atoms with E-state index in [1.54, 1.807) is 0 Å². The predicted molar refractivity (Wildman–Crippen MR) is 70.7 cm³/mol. The Morgan fingerprint density at radius 1 is 1.50 bits per heavy atom. The van der Waals surface area contributed by atoms with Gasteiger partial charge in [-0.3, -0.25) is 9.52 Å². The van der Waals surface area contributed by atoms with Gasteiger partial charge >= 0.3 is 5.97 Å². The van der Waals surface area contributed by atoms with Gasteiger partial charge in [-0.25, -0.2) is 13.4 Å². The molecule has 0 aliphatic carbocycles. The Morgan fingerprint density at radius 2 is 2.20 bits per heavy atom. The molecule has 0 amide bonds. The van der Waals surface area contributed by atoms with Gasteiger partial charge in [0.15, 0.2) is 16.1 Å². The van der Waals surface area contributed by atoms with Crippen molar-refractivity contribution in [3.05, 3.63) is 11.5 Å². The number of nitrogens with one attached hydrogen (secondary N) is 2. The van der Waals surface area contributed by atoms with Crippen molar-refractivity contribution < 1.29 is 17.9 Å². The van der Waals surface area contributed by atoms with Gasteiger partial charge in [0.2, 0.25) is 16.0 Å². The minimum Gasteiger partial charge on any atom is -0.468 e. The Morgan fingerprint density at radius 3 is 2.85 bits per heavy atom. The maximum atomic E-state index is 11.9. The highest BCUT2D eigenvalue weighted by molar-refractivity contribution is 7.94. The number of sulfonamides is 1. The monoisotopic (exact) mass is 319 g/mol. The van der Waals surface area contributed by atoms with E-state index in [-0.39, 0.29) is 16.7 Å². The van der Waals surface area contributed by atoms with Crippen LogP contribution in [-0.2, 0) is 19.6 Å². The summed E-state index contributed by atoms with van der Waals surface area (Å²) in [7, 11) is -2.94. The molecule has 2 N–H and O–H groups in total. The first kappa shape index (κ1) is 14.5. The van der Waals surface area contributed by atoms with E-state index in [2.05, 4.69) is 29.4 Å². The molecule has 2 rings (SSSR count). The minimum atomic E-state index is -4.04. The molecule has 2 heterocycles. The molecule has 0 saturated heterocycles. The molecule has 0 aromatic carbocycles. The second kappa shape index (κ2) is 5.21. The number of hydrogen-bond acceptors (Lipinski definition) is 7. The summed E-state index contributed by atoms with van der Waals surface area (Å²) in [5, 5.41) is -1.40. The van der Waals surface area contributed by atoms with E-state index in [9.17, 15) is 13.2 Å². The number of esters is 1. The smallest absolute Gasteiger partial charge is 0.325 e. The van der Waals surface area contributed by atoms with Crippen molar-refractivity contribution in [2.45, 2.75) is 12.2 Å². The van der Waals surface area contributed by atoms with E-state index >= 15 is 0 Å². The summed E-state index contributed by atoms with van der Waals surface area (Å²) in [5.41, 5.74) is 0.587. The molecule has 0 radical (unpaired) electrons. The number of ether oxygens (including phenoxy) is 1. The van der Waals surface area contributed by atoms with E-state index in [1.807, 2.05) is 0 Å². The second-order valence-electron chi connectivity index (χ2n) is 3.75. The number of rotatable bonds is 4. The Balaban J connectivity index is 2.34. The van der Waals surface area contributed by atoms with Gasteiger partial charge in [-0.15, -0.1) is 0 Å². The minimum absolute atomic E-state index is 0.0101. The summed E-state index contributed by atoms with van der Waals surface area (Å²) in [5.74, 6) is -1.17. The second-order valence-corrected chi connectivity index (χ2v) is 6.11. The van der Waals surface area contributed by atoms with Crippen LogP contribution in [0.3, 0.4) is 0 Å². The van der Waals surface area contributed by atoms with Gasteiger partial charge in [0.05, 0.1) is 13.4 Å². The van der Waals surface area contributed by atoms with Crippen molar-refractivity contribution >= 4 is 44.7 Å². The van der Waals surface area contributed by atoms with Crippen LogP contribution in [0.15, 0.2) is 6.33 Å². The molecular weight excluding hydrogens is 310 g/mol. The number of halogens is 1. The molecular formula is C9H10ClN5O4S. The average Bonchev–Trinajstić information content (AvgIpc) is 2.85. The number of H-pyrrole nitrogens is 1. The lowest BCUT2D eigenvalue weighted by Crippen LogP contribution is -2.33. The lowest BCUT2D eigenvalue weighted by atomic mass is 10.5. The Hall–Kier alpha value is -1.94. The first-order valence-electron chi connectivity index (χ1n) is 5.31. The summed E-state index contributed by atoms with van der Waals surface area (Å²) in [6.07, 6.45) is 1.35. The number of anilines is 1. The number of carbonyl (C=O) groups is 1. The SMILES string of the molecule is COC(=O)C(C)S(=O)(=O)Nc1nc(Cl)c2[nH]cnc2n1. The number of carbonyl (C=O) groups excluding carboxylic acids is 1. The number of aromatic nitrogens is 4. The maximum absolute atomic E-state index is 11.9. The molecule has 9 nitrogen and oxygen atoms in total. The van der Waals surface area contributed by atoms with E-state index < -0.39 is 21.2 Å². The molecule has 0 saturated carbocycles. The lowest BCUT2D eigenvalue weighted by molar-refractivity contribution is -0.139. The van der Waals surface area contributed by atoms with E-state index in [0.29, 0.717) is 5.52 Å². The summed E-state index contributed by atoms with van der Waals surface area (Å²) < 4.78 is 30.3. The maximum Gasteiger partial charge on any atom is 0.325 e. The third-order valence-corrected chi connectivity index (χ3v) is 4.34. The van der Waals surface area contributed by atoms with Gasteiger partial charge in [0.1, 0.15) is 5.52 Å². The highest BCUT2D eigenvalue weighted by Crippen LogP contribution is 2.19. The molecule has 2 aromatic rings. The zero-order valence-corrected chi connectivity index (χ0v) is 12.0. The molecule has 0 spiro atoms. The van der Waals surface area contributed by atoms with Crippen LogP contribution in [0.4, 0.5) is 5.95 Å².